The quantitative estimate of drug-likeness (QED) is 0.801. The van der Waals surface area contributed by atoms with Crippen molar-refractivity contribution >= 4 is 32.3 Å². The molecule has 0 radical (unpaired) electrons. The van der Waals surface area contributed by atoms with Gasteiger partial charge >= 0.3 is 0 Å². The Labute approximate surface area is 86.6 Å². The SMILES string of the molecule is CCC(=O)Nc1cc2ccccc2s1. The van der Waals surface area contributed by atoms with Crippen LogP contribution in [0.1, 0.15) is 13.3 Å². The van der Waals surface area contributed by atoms with Crippen molar-refractivity contribution in [1.82, 2.24) is 0 Å². The van der Waals surface area contributed by atoms with Crippen molar-refractivity contribution in [2.45, 2.75) is 13.3 Å². The molecule has 2 nitrogen and oxygen atoms in total. The molecule has 1 N–H and O–H groups in total. The lowest BCUT2D eigenvalue weighted by Crippen LogP contribution is -2.07. The molecule has 1 amide bonds. The summed E-state index contributed by atoms with van der Waals surface area (Å²) in [7, 11) is 0. The molecule has 14 heavy (non-hydrogen) atoms. The molecular weight excluding hydrogens is 194 g/mol. The largest absolute Gasteiger partial charge is 0.318 e. The Morgan fingerprint density at radius 2 is 2.21 bits per heavy atom. The summed E-state index contributed by atoms with van der Waals surface area (Å²) in [5.74, 6) is 0.0663. The summed E-state index contributed by atoms with van der Waals surface area (Å²) in [4.78, 5) is 11.2. The van der Waals surface area contributed by atoms with E-state index in [4.69, 9.17) is 0 Å². The summed E-state index contributed by atoms with van der Waals surface area (Å²) in [5.41, 5.74) is 0. The van der Waals surface area contributed by atoms with Crippen LogP contribution >= 0.6 is 11.3 Å². The van der Waals surface area contributed by atoms with Gasteiger partial charge in [-0.1, -0.05) is 25.1 Å². The fraction of sp³-hybridized carbons (Fsp3) is 0.182. The van der Waals surface area contributed by atoms with Gasteiger partial charge in [0.1, 0.15) is 0 Å². The molecule has 0 atom stereocenters. The van der Waals surface area contributed by atoms with Gasteiger partial charge in [-0.15, -0.1) is 11.3 Å². The van der Waals surface area contributed by atoms with E-state index in [0.717, 1.165) is 5.00 Å². The van der Waals surface area contributed by atoms with Gasteiger partial charge in [-0.25, -0.2) is 0 Å². The van der Waals surface area contributed by atoms with Crippen molar-refractivity contribution < 1.29 is 4.79 Å². The predicted molar refractivity (Wildman–Crippen MR) is 60.7 cm³/mol. The summed E-state index contributed by atoms with van der Waals surface area (Å²) < 4.78 is 1.21. The van der Waals surface area contributed by atoms with E-state index in [9.17, 15) is 4.79 Å². The number of benzene rings is 1. The molecule has 72 valence electrons. The molecule has 1 aromatic carbocycles. The lowest BCUT2D eigenvalue weighted by Gasteiger charge is -1.96. The number of rotatable bonds is 2. The van der Waals surface area contributed by atoms with Crippen LogP contribution in [0.25, 0.3) is 10.1 Å². The Bertz CT molecular complexity index is 428. The molecule has 3 heteroatoms. The Kier molecular flexibility index (Phi) is 2.50. The topological polar surface area (TPSA) is 29.1 Å². The molecule has 2 aromatic rings. The van der Waals surface area contributed by atoms with Crippen LogP contribution < -0.4 is 5.32 Å². The minimum Gasteiger partial charge on any atom is -0.318 e. The van der Waals surface area contributed by atoms with Gasteiger partial charge in [0.25, 0.3) is 0 Å². The minimum absolute atomic E-state index is 0.0663. The molecule has 0 aliphatic carbocycles. The Hall–Kier alpha value is -1.35. The first-order valence-electron chi connectivity index (χ1n) is 4.58. The lowest BCUT2D eigenvalue weighted by molar-refractivity contribution is -0.115. The number of anilines is 1. The third-order valence-corrected chi connectivity index (χ3v) is 3.04. The van der Waals surface area contributed by atoms with Crippen molar-refractivity contribution in [3.8, 4) is 0 Å². The monoisotopic (exact) mass is 205 g/mol. The lowest BCUT2D eigenvalue weighted by atomic mass is 10.3. The van der Waals surface area contributed by atoms with Gasteiger partial charge in [-0.3, -0.25) is 4.79 Å². The molecule has 1 aromatic heterocycles. The van der Waals surface area contributed by atoms with E-state index in [-0.39, 0.29) is 5.91 Å². The third-order valence-electron chi connectivity index (χ3n) is 2.01. The second-order valence-electron chi connectivity index (χ2n) is 3.05. The summed E-state index contributed by atoms with van der Waals surface area (Å²) in [6.07, 6.45) is 0.522. The fourth-order valence-electron chi connectivity index (χ4n) is 1.27. The molecule has 0 saturated carbocycles. The second kappa shape index (κ2) is 3.80. The number of thiophene rings is 1. The smallest absolute Gasteiger partial charge is 0.224 e. The van der Waals surface area contributed by atoms with Gasteiger partial charge < -0.3 is 5.32 Å². The summed E-state index contributed by atoms with van der Waals surface area (Å²) >= 11 is 1.61. The zero-order chi connectivity index (χ0) is 9.97. The fourth-order valence-corrected chi connectivity index (χ4v) is 2.25. The van der Waals surface area contributed by atoms with E-state index < -0.39 is 0 Å². The van der Waals surface area contributed by atoms with Crippen LogP contribution in [0.15, 0.2) is 30.3 Å². The van der Waals surface area contributed by atoms with Crippen LogP contribution in [-0.4, -0.2) is 5.91 Å². The van der Waals surface area contributed by atoms with Gasteiger partial charge in [0.15, 0.2) is 0 Å². The average Bonchev–Trinajstić information content (AvgIpc) is 2.59. The summed E-state index contributed by atoms with van der Waals surface area (Å²) in [5, 5.41) is 4.97. The molecule has 2 rings (SSSR count). The van der Waals surface area contributed by atoms with Crippen LogP contribution in [0.4, 0.5) is 5.00 Å². The number of amides is 1. The zero-order valence-corrected chi connectivity index (χ0v) is 8.73. The van der Waals surface area contributed by atoms with Crippen molar-refractivity contribution in [3.63, 3.8) is 0 Å². The first-order chi connectivity index (χ1) is 6.79. The van der Waals surface area contributed by atoms with Crippen LogP contribution in [0.3, 0.4) is 0 Å². The number of fused-ring (bicyclic) bond motifs is 1. The minimum atomic E-state index is 0.0663. The van der Waals surface area contributed by atoms with E-state index in [0.29, 0.717) is 6.42 Å². The number of carbonyl (C=O) groups excluding carboxylic acids is 1. The molecule has 0 aliphatic heterocycles. The molecular formula is C11H11NOS. The van der Waals surface area contributed by atoms with E-state index in [2.05, 4.69) is 11.4 Å². The third kappa shape index (κ3) is 1.77. The molecule has 0 spiro atoms. The van der Waals surface area contributed by atoms with Crippen LogP contribution in [-0.2, 0) is 4.79 Å². The van der Waals surface area contributed by atoms with Crippen molar-refractivity contribution in [3.05, 3.63) is 30.3 Å². The summed E-state index contributed by atoms with van der Waals surface area (Å²) in [6, 6.07) is 10.1. The molecule has 0 unspecified atom stereocenters. The first kappa shape index (κ1) is 9.21. The number of carbonyl (C=O) groups is 1. The standard InChI is InChI=1S/C11H11NOS/c1-2-10(13)12-11-7-8-5-3-4-6-9(8)14-11/h3-7H,2H2,1H3,(H,12,13). The summed E-state index contributed by atoms with van der Waals surface area (Å²) in [6.45, 7) is 1.85. The van der Waals surface area contributed by atoms with Crippen molar-refractivity contribution in [1.29, 1.82) is 0 Å². The van der Waals surface area contributed by atoms with Gasteiger partial charge in [0.2, 0.25) is 5.91 Å². The van der Waals surface area contributed by atoms with Gasteiger partial charge in [0.05, 0.1) is 5.00 Å². The maximum Gasteiger partial charge on any atom is 0.224 e. The first-order valence-corrected chi connectivity index (χ1v) is 5.39. The Balaban J connectivity index is 2.31. The van der Waals surface area contributed by atoms with E-state index in [1.165, 1.54) is 10.1 Å². The number of hydrogen-bond acceptors (Lipinski definition) is 2. The Morgan fingerprint density at radius 1 is 1.43 bits per heavy atom. The maximum absolute atomic E-state index is 11.2. The second-order valence-corrected chi connectivity index (χ2v) is 4.13. The van der Waals surface area contributed by atoms with Gasteiger partial charge in [-0.2, -0.15) is 0 Å². The maximum atomic E-state index is 11.2. The van der Waals surface area contributed by atoms with E-state index >= 15 is 0 Å². The normalized spacial score (nSPS) is 10.4. The number of nitrogens with one attached hydrogen (secondary N) is 1. The van der Waals surface area contributed by atoms with Gasteiger partial charge in [-0.05, 0) is 17.5 Å². The van der Waals surface area contributed by atoms with Gasteiger partial charge in [0, 0.05) is 11.1 Å². The molecule has 0 saturated heterocycles. The highest BCUT2D eigenvalue weighted by atomic mass is 32.1. The van der Waals surface area contributed by atoms with E-state index in [1.54, 1.807) is 11.3 Å². The van der Waals surface area contributed by atoms with Crippen LogP contribution in [0, 0.1) is 0 Å². The van der Waals surface area contributed by atoms with Crippen molar-refractivity contribution in [2.24, 2.45) is 0 Å². The van der Waals surface area contributed by atoms with Crippen molar-refractivity contribution in [2.75, 3.05) is 5.32 Å². The molecule has 0 fully saturated rings. The highest BCUT2D eigenvalue weighted by Crippen LogP contribution is 2.29. The van der Waals surface area contributed by atoms with E-state index in [1.807, 2.05) is 31.2 Å². The van der Waals surface area contributed by atoms with Crippen LogP contribution in [0.2, 0.25) is 0 Å². The zero-order valence-electron chi connectivity index (χ0n) is 7.91. The molecule has 0 bridgehead atoms. The predicted octanol–water partition coefficient (Wildman–Crippen LogP) is 3.25. The molecule has 0 aliphatic rings. The number of hydrogen-bond donors (Lipinski definition) is 1. The molecule has 1 heterocycles. The highest BCUT2D eigenvalue weighted by molar-refractivity contribution is 7.22. The highest BCUT2D eigenvalue weighted by Gasteiger charge is 2.03. The average molecular weight is 205 g/mol. The Morgan fingerprint density at radius 3 is 2.93 bits per heavy atom. The van der Waals surface area contributed by atoms with Crippen LogP contribution in [0.5, 0.6) is 0 Å².